The van der Waals surface area contributed by atoms with E-state index in [-0.39, 0.29) is 6.04 Å². The lowest BCUT2D eigenvalue weighted by Crippen LogP contribution is -2.30. The van der Waals surface area contributed by atoms with Crippen molar-refractivity contribution in [1.29, 1.82) is 0 Å². The third-order valence-corrected chi connectivity index (χ3v) is 3.92. The standard InChI is InChI=1S/C8H10ClNS/c1-2-5(10)6-4-3-11-8(6)7(4)9/h3,5-6H,2,10H2,1H3. The molecule has 2 heterocycles. The van der Waals surface area contributed by atoms with Gasteiger partial charge in [-0.05, 0) is 17.4 Å². The minimum absolute atomic E-state index is 0.272. The van der Waals surface area contributed by atoms with E-state index in [2.05, 4.69) is 12.3 Å². The third kappa shape index (κ3) is 0.866. The van der Waals surface area contributed by atoms with E-state index in [0.29, 0.717) is 5.92 Å². The van der Waals surface area contributed by atoms with Crippen molar-refractivity contribution in [2.24, 2.45) is 5.73 Å². The molecule has 0 fully saturated rings. The normalized spacial score (nSPS) is 23.0. The molecule has 0 saturated heterocycles. The van der Waals surface area contributed by atoms with Gasteiger partial charge in [0, 0.05) is 16.8 Å². The van der Waals surface area contributed by atoms with Crippen molar-refractivity contribution < 1.29 is 0 Å². The molecule has 0 amide bonds. The summed E-state index contributed by atoms with van der Waals surface area (Å²) in [6.45, 7) is 2.11. The molecule has 11 heavy (non-hydrogen) atoms. The molecule has 3 rings (SSSR count). The molecule has 0 saturated carbocycles. The van der Waals surface area contributed by atoms with Gasteiger partial charge < -0.3 is 5.73 Å². The Hall–Kier alpha value is -0.0500. The van der Waals surface area contributed by atoms with Crippen molar-refractivity contribution in [3.05, 3.63) is 20.8 Å². The Morgan fingerprint density at radius 3 is 2.91 bits per heavy atom. The van der Waals surface area contributed by atoms with Crippen LogP contribution < -0.4 is 5.73 Å². The van der Waals surface area contributed by atoms with Crippen LogP contribution in [0.1, 0.15) is 29.7 Å². The average Bonchev–Trinajstić information content (AvgIpc) is 2.59. The van der Waals surface area contributed by atoms with Crippen molar-refractivity contribution in [2.75, 3.05) is 0 Å². The Bertz CT molecular complexity index is 260. The number of hydrogen-bond donors (Lipinski definition) is 1. The molecule has 60 valence electrons. The largest absolute Gasteiger partial charge is 0.327 e. The summed E-state index contributed by atoms with van der Waals surface area (Å²) in [4.78, 5) is 1.29. The summed E-state index contributed by atoms with van der Waals surface area (Å²) in [7, 11) is 0. The molecule has 2 atom stereocenters. The van der Waals surface area contributed by atoms with Crippen molar-refractivity contribution in [3.63, 3.8) is 0 Å². The average molecular weight is 188 g/mol. The number of halogens is 1. The van der Waals surface area contributed by atoms with Gasteiger partial charge in [-0.15, -0.1) is 11.3 Å². The van der Waals surface area contributed by atoms with E-state index in [1.54, 1.807) is 11.3 Å². The van der Waals surface area contributed by atoms with E-state index in [4.69, 9.17) is 17.3 Å². The zero-order chi connectivity index (χ0) is 8.01. The molecule has 2 bridgehead atoms. The smallest absolute Gasteiger partial charge is 0.0591 e. The fourth-order valence-electron chi connectivity index (χ4n) is 1.52. The molecular weight excluding hydrogens is 178 g/mol. The Labute approximate surface area is 75.2 Å². The fraction of sp³-hybridized carbons (Fsp3) is 0.500. The fourth-order valence-corrected chi connectivity index (χ4v) is 3.19. The second-order valence-electron chi connectivity index (χ2n) is 2.92. The summed E-state index contributed by atoms with van der Waals surface area (Å²) in [6.07, 6.45) is 1.02. The predicted molar refractivity (Wildman–Crippen MR) is 49.4 cm³/mol. The Kier molecular flexibility index (Phi) is 1.71. The maximum atomic E-state index is 5.94. The van der Waals surface area contributed by atoms with E-state index in [1.807, 2.05) is 0 Å². The second kappa shape index (κ2) is 2.47. The molecule has 1 nitrogen and oxygen atoms in total. The van der Waals surface area contributed by atoms with Gasteiger partial charge in [0.15, 0.2) is 0 Å². The monoisotopic (exact) mass is 187 g/mol. The van der Waals surface area contributed by atoms with Crippen molar-refractivity contribution >= 4 is 22.9 Å². The summed E-state index contributed by atoms with van der Waals surface area (Å²) in [5.41, 5.74) is 7.18. The summed E-state index contributed by atoms with van der Waals surface area (Å²) in [5.74, 6) is 0.470. The van der Waals surface area contributed by atoms with E-state index in [1.165, 1.54) is 10.4 Å². The molecule has 2 N–H and O–H groups in total. The minimum Gasteiger partial charge on any atom is -0.327 e. The highest BCUT2D eigenvalue weighted by Gasteiger charge is 2.36. The molecule has 1 aliphatic heterocycles. The van der Waals surface area contributed by atoms with Gasteiger partial charge in [-0.1, -0.05) is 18.5 Å². The first-order valence-corrected chi connectivity index (χ1v) is 5.03. The van der Waals surface area contributed by atoms with Crippen LogP contribution in [0, 0.1) is 0 Å². The van der Waals surface area contributed by atoms with Crippen molar-refractivity contribution in [1.82, 2.24) is 0 Å². The topological polar surface area (TPSA) is 26.0 Å². The highest BCUT2D eigenvalue weighted by Crippen LogP contribution is 2.51. The molecule has 1 aromatic rings. The molecular formula is C8H10ClNS. The number of thiophene rings is 1. The summed E-state index contributed by atoms with van der Waals surface area (Å²) < 4.78 is 0. The Morgan fingerprint density at radius 1 is 1.82 bits per heavy atom. The first-order chi connectivity index (χ1) is 5.25. The lowest BCUT2D eigenvalue weighted by Gasteiger charge is -2.27. The first-order valence-electron chi connectivity index (χ1n) is 3.78. The van der Waals surface area contributed by atoms with Gasteiger partial charge in [-0.2, -0.15) is 0 Å². The minimum atomic E-state index is 0.272. The number of rotatable bonds is 2. The van der Waals surface area contributed by atoms with Crippen molar-refractivity contribution in [2.45, 2.75) is 25.3 Å². The lowest BCUT2D eigenvalue weighted by atomic mass is 9.83. The van der Waals surface area contributed by atoms with E-state index in [9.17, 15) is 0 Å². The van der Waals surface area contributed by atoms with Crippen LogP contribution in [0.15, 0.2) is 5.38 Å². The predicted octanol–water partition coefficient (Wildman–Crippen LogP) is 2.58. The van der Waals surface area contributed by atoms with Crippen LogP contribution in [0.25, 0.3) is 0 Å². The molecule has 2 aliphatic rings. The van der Waals surface area contributed by atoms with Crippen LogP contribution in [0.5, 0.6) is 0 Å². The van der Waals surface area contributed by atoms with E-state index < -0.39 is 0 Å². The molecule has 0 radical (unpaired) electrons. The van der Waals surface area contributed by atoms with Gasteiger partial charge in [0.25, 0.3) is 0 Å². The number of fused-ring (bicyclic) bond motifs is 1. The highest BCUT2D eigenvalue weighted by atomic mass is 35.5. The summed E-state index contributed by atoms with van der Waals surface area (Å²) in [5, 5.41) is 3.08. The number of nitrogens with two attached hydrogens (primary N) is 1. The van der Waals surface area contributed by atoms with Gasteiger partial charge in [0.05, 0.1) is 5.02 Å². The van der Waals surface area contributed by atoms with Gasteiger partial charge in [-0.3, -0.25) is 0 Å². The van der Waals surface area contributed by atoms with Crippen LogP contribution >= 0.6 is 22.9 Å². The van der Waals surface area contributed by atoms with Gasteiger partial charge >= 0.3 is 0 Å². The van der Waals surface area contributed by atoms with Crippen LogP contribution in [-0.2, 0) is 0 Å². The zero-order valence-corrected chi connectivity index (χ0v) is 7.88. The quantitative estimate of drug-likeness (QED) is 0.757. The van der Waals surface area contributed by atoms with Crippen LogP contribution in [-0.4, -0.2) is 6.04 Å². The summed E-state index contributed by atoms with van der Waals surface area (Å²) in [6, 6.07) is 0.272. The van der Waals surface area contributed by atoms with E-state index in [0.717, 1.165) is 11.4 Å². The Morgan fingerprint density at radius 2 is 2.55 bits per heavy atom. The maximum absolute atomic E-state index is 5.94. The SMILES string of the molecule is CCC(N)C1c2csc1c2Cl. The van der Waals surface area contributed by atoms with Crippen LogP contribution in [0.4, 0.5) is 0 Å². The lowest BCUT2D eigenvalue weighted by molar-refractivity contribution is 0.569. The summed E-state index contributed by atoms with van der Waals surface area (Å²) >= 11 is 7.68. The second-order valence-corrected chi connectivity index (χ2v) is 4.21. The molecule has 1 aliphatic carbocycles. The maximum Gasteiger partial charge on any atom is 0.0591 e. The van der Waals surface area contributed by atoms with Crippen LogP contribution in [0.3, 0.4) is 0 Å². The Balaban J connectivity index is 2.23. The first kappa shape index (κ1) is 7.59. The number of hydrogen-bond acceptors (Lipinski definition) is 2. The molecule has 3 heteroatoms. The van der Waals surface area contributed by atoms with Crippen LogP contribution in [0.2, 0.25) is 5.02 Å². The third-order valence-electron chi connectivity index (χ3n) is 2.30. The molecule has 0 aromatic carbocycles. The molecule has 2 unspecified atom stereocenters. The molecule has 1 aromatic heterocycles. The van der Waals surface area contributed by atoms with Gasteiger partial charge in [-0.25, -0.2) is 0 Å². The van der Waals surface area contributed by atoms with Gasteiger partial charge in [0.1, 0.15) is 0 Å². The molecule has 0 spiro atoms. The zero-order valence-electron chi connectivity index (χ0n) is 6.30. The van der Waals surface area contributed by atoms with Gasteiger partial charge in [0.2, 0.25) is 0 Å². The van der Waals surface area contributed by atoms with Crippen molar-refractivity contribution in [3.8, 4) is 0 Å². The highest BCUT2D eigenvalue weighted by molar-refractivity contribution is 7.11. The van der Waals surface area contributed by atoms with E-state index >= 15 is 0 Å².